The molecule has 0 bridgehead atoms. The van der Waals surface area contributed by atoms with Gasteiger partial charge < -0.3 is 15.0 Å². The first-order valence-corrected chi connectivity index (χ1v) is 11.7. The van der Waals surface area contributed by atoms with Gasteiger partial charge >= 0.3 is 6.09 Å². The zero-order valence-corrected chi connectivity index (χ0v) is 19.6. The summed E-state index contributed by atoms with van der Waals surface area (Å²) in [7, 11) is 0. The lowest BCUT2D eigenvalue weighted by Crippen LogP contribution is -2.35. The summed E-state index contributed by atoms with van der Waals surface area (Å²) in [5.41, 5.74) is 1.42. The van der Waals surface area contributed by atoms with Crippen LogP contribution in [0.3, 0.4) is 0 Å². The van der Waals surface area contributed by atoms with Crippen molar-refractivity contribution in [3.8, 4) is 11.1 Å². The number of benzene rings is 2. The number of rotatable bonds is 6. The smallest absolute Gasteiger partial charge is 0.414 e. The van der Waals surface area contributed by atoms with Gasteiger partial charge in [-0.3, -0.25) is 9.69 Å². The fourth-order valence-electron chi connectivity index (χ4n) is 4.64. The van der Waals surface area contributed by atoms with Crippen molar-refractivity contribution in [3.05, 3.63) is 54.4 Å². The molecule has 188 valence electrons. The van der Waals surface area contributed by atoms with Gasteiger partial charge in [-0.25, -0.2) is 18.3 Å². The van der Waals surface area contributed by atoms with E-state index in [2.05, 4.69) is 20.8 Å². The van der Waals surface area contributed by atoms with E-state index in [4.69, 9.17) is 4.74 Å². The average Bonchev–Trinajstić information content (AvgIpc) is 3.53. The van der Waals surface area contributed by atoms with Crippen molar-refractivity contribution in [3.63, 3.8) is 0 Å². The first-order chi connectivity index (χ1) is 17.4. The minimum atomic E-state index is -0.614. The van der Waals surface area contributed by atoms with Gasteiger partial charge in [0, 0.05) is 25.6 Å². The van der Waals surface area contributed by atoms with Crippen LogP contribution in [-0.4, -0.2) is 64.5 Å². The molecule has 10 nitrogen and oxygen atoms in total. The third-order valence-electron chi connectivity index (χ3n) is 6.52. The number of piperidine rings is 1. The average molecular weight is 498 g/mol. The Bertz CT molecular complexity index is 1260. The van der Waals surface area contributed by atoms with Crippen molar-refractivity contribution < 1.29 is 23.1 Å². The van der Waals surface area contributed by atoms with Crippen LogP contribution in [0.15, 0.2) is 42.7 Å². The predicted octanol–water partition coefficient (Wildman–Crippen LogP) is 2.92. The highest BCUT2D eigenvalue weighted by atomic mass is 19.1. The summed E-state index contributed by atoms with van der Waals surface area (Å²) in [5.74, 6) is -1.24. The van der Waals surface area contributed by atoms with Crippen LogP contribution in [0.5, 0.6) is 0 Å². The van der Waals surface area contributed by atoms with E-state index in [1.54, 1.807) is 29.2 Å². The molecule has 0 saturated carbocycles. The Labute approximate surface area is 205 Å². The van der Waals surface area contributed by atoms with E-state index in [9.17, 15) is 9.59 Å². The van der Waals surface area contributed by atoms with Gasteiger partial charge in [0.2, 0.25) is 5.91 Å². The summed E-state index contributed by atoms with van der Waals surface area (Å²) in [6.45, 7) is 3.04. The molecule has 0 radical (unpaired) electrons. The van der Waals surface area contributed by atoms with Crippen molar-refractivity contribution in [2.24, 2.45) is 0 Å². The summed E-state index contributed by atoms with van der Waals surface area (Å²) in [5, 5.41) is 13.9. The number of carbonyl (C=O) groups excluding carboxylic acids is 2. The molecule has 0 aliphatic carbocycles. The highest BCUT2D eigenvalue weighted by molar-refractivity contribution is 5.90. The molecule has 5 rings (SSSR count). The summed E-state index contributed by atoms with van der Waals surface area (Å²) in [6.07, 6.45) is 2.02. The third kappa shape index (κ3) is 4.83. The maximum atomic E-state index is 15.1. The molecule has 2 aliphatic rings. The molecule has 2 aliphatic heterocycles. The van der Waals surface area contributed by atoms with Crippen LogP contribution in [0.25, 0.3) is 11.1 Å². The molecule has 2 amide bonds. The van der Waals surface area contributed by atoms with Crippen LogP contribution < -0.4 is 15.1 Å². The van der Waals surface area contributed by atoms with E-state index in [-0.39, 0.29) is 30.6 Å². The Morgan fingerprint density at radius 2 is 1.94 bits per heavy atom. The maximum Gasteiger partial charge on any atom is 0.414 e. The van der Waals surface area contributed by atoms with Gasteiger partial charge in [0.05, 0.1) is 30.5 Å². The molecule has 2 aromatic carbocycles. The van der Waals surface area contributed by atoms with Gasteiger partial charge in [-0.2, -0.15) is 0 Å². The van der Waals surface area contributed by atoms with Crippen molar-refractivity contribution in [2.75, 3.05) is 36.0 Å². The summed E-state index contributed by atoms with van der Waals surface area (Å²) >= 11 is 0. The van der Waals surface area contributed by atoms with Crippen molar-refractivity contribution in [1.82, 2.24) is 25.5 Å². The van der Waals surface area contributed by atoms with Crippen molar-refractivity contribution in [2.45, 2.75) is 31.9 Å². The first kappa shape index (κ1) is 23.6. The Balaban J connectivity index is 1.27. The van der Waals surface area contributed by atoms with Gasteiger partial charge in [0.1, 0.15) is 24.1 Å². The monoisotopic (exact) mass is 497 g/mol. The zero-order valence-electron chi connectivity index (χ0n) is 19.6. The number of nitrogens with one attached hydrogen (secondary N) is 1. The fraction of sp³-hybridized carbons (Fsp3) is 0.375. The molecule has 1 atom stereocenters. The second kappa shape index (κ2) is 9.88. The van der Waals surface area contributed by atoms with Crippen LogP contribution in [0, 0.1) is 11.6 Å². The van der Waals surface area contributed by atoms with E-state index in [1.165, 1.54) is 30.0 Å². The second-order valence-electron chi connectivity index (χ2n) is 8.89. The molecule has 1 N–H and O–H groups in total. The van der Waals surface area contributed by atoms with E-state index in [0.29, 0.717) is 30.0 Å². The standard InChI is InChI=1S/C24H25F2N7O3/c1-15(34)27-12-19-13-32(24(35)36-19)18-3-4-20(21(25)11-18)16-2-5-23(22(26)10-16)31-8-6-17(7-9-31)33-14-28-29-30-33/h2-5,10-11,14,17,19H,6-9,12-13H2,1H3,(H,27,34). The number of cyclic esters (lactones) is 1. The highest BCUT2D eigenvalue weighted by Crippen LogP contribution is 2.33. The molecule has 1 unspecified atom stereocenters. The summed E-state index contributed by atoms with van der Waals surface area (Å²) in [6, 6.07) is 9.21. The maximum absolute atomic E-state index is 15.1. The van der Waals surface area contributed by atoms with Crippen molar-refractivity contribution in [1.29, 1.82) is 0 Å². The number of nitrogens with zero attached hydrogens (tertiary/aromatic N) is 6. The van der Waals surface area contributed by atoms with E-state index in [0.717, 1.165) is 12.8 Å². The van der Waals surface area contributed by atoms with E-state index in [1.807, 2.05) is 4.90 Å². The largest absolute Gasteiger partial charge is 0.442 e. The van der Waals surface area contributed by atoms with Crippen LogP contribution in [0.1, 0.15) is 25.8 Å². The number of ether oxygens (including phenoxy) is 1. The van der Waals surface area contributed by atoms with Crippen LogP contribution in [0.4, 0.5) is 25.0 Å². The van der Waals surface area contributed by atoms with Gasteiger partial charge in [-0.1, -0.05) is 6.07 Å². The molecule has 2 fully saturated rings. The lowest BCUT2D eigenvalue weighted by atomic mass is 10.0. The Kier molecular flexibility index (Phi) is 6.49. The normalized spacial score (nSPS) is 18.4. The van der Waals surface area contributed by atoms with Crippen LogP contribution in [0.2, 0.25) is 0 Å². The topological polar surface area (TPSA) is 105 Å². The molecule has 2 saturated heterocycles. The predicted molar refractivity (Wildman–Crippen MR) is 126 cm³/mol. The molecular formula is C24H25F2N7O3. The van der Waals surface area contributed by atoms with Crippen LogP contribution >= 0.6 is 0 Å². The molecular weight excluding hydrogens is 472 g/mol. The Hall–Kier alpha value is -4.09. The fourth-order valence-corrected chi connectivity index (χ4v) is 4.64. The number of amides is 2. The first-order valence-electron chi connectivity index (χ1n) is 11.7. The van der Waals surface area contributed by atoms with Crippen molar-refractivity contribution >= 4 is 23.4 Å². The Morgan fingerprint density at radius 1 is 1.14 bits per heavy atom. The minimum absolute atomic E-state index is 0.180. The second-order valence-corrected chi connectivity index (χ2v) is 8.89. The number of anilines is 2. The SMILES string of the molecule is CC(=O)NCC1CN(c2ccc(-c3ccc(N4CCC(n5cnnn5)CC4)c(F)c3)c(F)c2)C(=O)O1. The van der Waals surface area contributed by atoms with Gasteiger partial charge in [0.15, 0.2) is 0 Å². The Morgan fingerprint density at radius 3 is 2.61 bits per heavy atom. The molecule has 1 aromatic heterocycles. The lowest BCUT2D eigenvalue weighted by Gasteiger charge is -2.33. The number of aromatic nitrogens is 4. The van der Waals surface area contributed by atoms with Gasteiger partial charge in [0.25, 0.3) is 0 Å². The third-order valence-corrected chi connectivity index (χ3v) is 6.52. The number of tetrazole rings is 1. The highest BCUT2D eigenvalue weighted by Gasteiger charge is 2.33. The van der Waals surface area contributed by atoms with E-state index < -0.39 is 23.8 Å². The van der Waals surface area contributed by atoms with Gasteiger partial charge in [-0.05, 0) is 59.2 Å². The quantitative estimate of drug-likeness (QED) is 0.558. The molecule has 12 heteroatoms. The number of carbonyl (C=O) groups is 2. The van der Waals surface area contributed by atoms with Crippen LogP contribution in [-0.2, 0) is 9.53 Å². The number of hydrogen-bond acceptors (Lipinski definition) is 7. The van der Waals surface area contributed by atoms with Gasteiger partial charge in [-0.15, -0.1) is 5.10 Å². The molecule has 36 heavy (non-hydrogen) atoms. The minimum Gasteiger partial charge on any atom is -0.442 e. The lowest BCUT2D eigenvalue weighted by molar-refractivity contribution is -0.119. The summed E-state index contributed by atoms with van der Waals surface area (Å²) < 4.78 is 37.1. The zero-order chi connectivity index (χ0) is 25.2. The van der Waals surface area contributed by atoms with E-state index >= 15 is 8.78 Å². The summed E-state index contributed by atoms with van der Waals surface area (Å²) in [4.78, 5) is 26.6. The molecule has 3 heterocycles. The number of halogens is 2. The molecule has 0 spiro atoms. The molecule has 3 aromatic rings. The number of hydrogen-bond donors (Lipinski definition) is 1.